The van der Waals surface area contributed by atoms with Crippen molar-refractivity contribution in [2.75, 3.05) is 12.4 Å². The second-order valence-corrected chi connectivity index (χ2v) is 8.59. The number of rotatable bonds is 5. The Labute approximate surface area is 194 Å². The van der Waals surface area contributed by atoms with Gasteiger partial charge in [0.05, 0.1) is 13.4 Å². The molecule has 0 aliphatic heterocycles. The van der Waals surface area contributed by atoms with Gasteiger partial charge in [-0.3, -0.25) is 4.79 Å². The van der Waals surface area contributed by atoms with Gasteiger partial charge in [0.25, 0.3) is 0 Å². The zero-order valence-electron chi connectivity index (χ0n) is 20.0. The van der Waals surface area contributed by atoms with Gasteiger partial charge in [0.15, 0.2) is 0 Å². The summed E-state index contributed by atoms with van der Waals surface area (Å²) in [5.41, 5.74) is 9.80. The minimum atomic E-state index is -0.179. The summed E-state index contributed by atoms with van der Waals surface area (Å²) in [6.45, 7) is 10.1. The van der Waals surface area contributed by atoms with E-state index >= 15 is 0 Å². The fraction of sp³-hybridized carbons (Fsp3) is 0.207. The predicted octanol–water partition coefficient (Wildman–Crippen LogP) is 7.38. The summed E-state index contributed by atoms with van der Waals surface area (Å²) >= 11 is 0. The lowest BCUT2D eigenvalue weighted by Crippen LogP contribution is -2.09. The highest BCUT2D eigenvalue weighted by atomic mass is 16.5. The van der Waals surface area contributed by atoms with Crippen LogP contribution in [-0.2, 0) is 4.79 Å². The zero-order chi connectivity index (χ0) is 23.7. The third-order valence-electron chi connectivity index (χ3n) is 6.16. The average Bonchev–Trinajstić information content (AvgIpc) is 3.21. The molecule has 0 saturated carbocycles. The van der Waals surface area contributed by atoms with Crippen molar-refractivity contribution in [1.82, 2.24) is 0 Å². The maximum atomic E-state index is 12.8. The monoisotopic (exact) mass is 439 g/mol. The first-order valence-corrected chi connectivity index (χ1v) is 11.0. The molecule has 0 saturated heterocycles. The minimum absolute atomic E-state index is 0.179. The molecule has 0 aliphatic carbocycles. The topological polar surface area (TPSA) is 51.5 Å². The van der Waals surface area contributed by atoms with Gasteiger partial charge in [0, 0.05) is 33.8 Å². The Bertz CT molecular complexity index is 1370. The van der Waals surface area contributed by atoms with Gasteiger partial charge in [0.2, 0.25) is 5.91 Å². The second-order valence-electron chi connectivity index (χ2n) is 8.59. The number of carbonyl (C=O) groups is 1. The molecule has 0 fully saturated rings. The maximum Gasteiger partial charge on any atom is 0.248 e. The van der Waals surface area contributed by atoms with Gasteiger partial charge < -0.3 is 14.5 Å². The van der Waals surface area contributed by atoms with E-state index in [2.05, 4.69) is 49.5 Å². The summed E-state index contributed by atoms with van der Waals surface area (Å²) in [6.07, 6.45) is 3.40. The number of carbonyl (C=O) groups excluding carboxylic acids is 1. The molecule has 4 nitrogen and oxygen atoms in total. The number of benzene rings is 3. The summed E-state index contributed by atoms with van der Waals surface area (Å²) < 4.78 is 11.7. The number of amides is 1. The molecule has 168 valence electrons. The lowest BCUT2D eigenvalue weighted by atomic mass is 9.96. The molecule has 0 bridgehead atoms. The molecule has 1 heterocycles. The Hall–Kier alpha value is -3.79. The minimum Gasteiger partial charge on any atom is -0.496 e. The summed E-state index contributed by atoms with van der Waals surface area (Å²) in [7, 11) is 1.64. The van der Waals surface area contributed by atoms with Crippen molar-refractivity contribution in [2.24, 2.45) is 0 Å². The van der Waals surface area contributed by atoms with Gasteiger partial charge in [-0.25, -0.2) is 0 Å². The third kappa shape index (κ3) is 4.42. The molecule has 3 aromatic carbocycles. The number of nitrogens with one attached hydrogen (secondary N) is 1. The smallest absolute Gasteiger partial charge is 0.248 e. The largest absolute Gasteiger partial charge is 0.496 e. The van der Waals surface area contributed by atoms with Gasteiger partial charge in [-0.05, 0) is 75.1 Å². The first-order chi connectivity index (χ1) is 15.8. The summed E-state index contributed by atoms with van der Waals surface area (Å²) in [5.74, 6) is 0.529. The van der Waals surface area contributed by atoms with Crippen LogP contribution >= 0.6 is 0 Å². The van der Waals surface area contributed by atoms with Gasteiger partial charge in [-0.1, -0.05) is 35.9 Å². The van der Waals surface area contributed by atoms with E-state index < -0.39 is 0 Å². The fourth-order valence-corrected chi connectivity index (χ4v) is 4.10. The van der Waals surface area contributed by atoms with Crippen LogP contribution in [0.3, 0.4) is 0 Å². The van der Waals surface area contributed by atoms with E-state index in [1.54, 1.807) is 19.4 Å². The van der Waals surface area contributed by atoms with E-state index in [0.29, 0.717) is 5.75 Å². The van der Waals surface area contributed by atoms with Crippen LogP contribution in [0.25, 0.3) is 27.7 Å². The Kier molecular flexibility index (Phi) is 6.10. The number of methoxy groups -OCH3 is 1. The third-order valence-corrected chi connectivity index (χ3v) is 6.16. The number of ether oxygens (including phenoxy) is 1. The van der Waals surface area contributed by atoms with Gasteiger partial charge in [-0.2, -0.15) is 0 Å². The van der Waals surface area contributed by atoms with Crippen molar-refractivity contribution in [2.45, 2.75) is 34.6 Å². The SMILES string of the molecule is COc1c(/C(C)=C/C(=O)Nc2ccc(C)c(C)c2)cc2c(-c3ccc(C)cc3)coc2c1C. The fourth-order valence-electron chi connectivity index (χ4n) is 4.10. The maximum absolute atomic E-state index is 12.8. The standard InChI is InChI=1S/C29H29NO3/c1-17-7-10-22(11-8-17)26-16-33-29-21(5)28(32-6)24(15-25(26)29)20(4)14-27(31)30-23-12-9-18(2)19(3)13-23/h7-16H,1-6H3,(H,30,31)/b20-14+. The van der Waals surface area contributed by atoms with E-state index in [0.717, 1.165) is 50.0 Å². The van der Waals surface area contributed by atoms with E-state index in [4.69, 9.17) is 9.15 Å². The zero-order valence-corrected chi connectivity index (χ0v) is 20.0. The quantitative estimate of drug-likeness (QED) is 0.330. The van der Waals surface area contributed by atoms with Crippen molar-refractivity contribution >= 4 is 28.1 Å². The molecule has 1 amide bonds. The van der Waals surface area contributed by atoms with Crippen molar-refractivity contribution in [3.05, 3.63) is 88.7 Å². The molecular weight excluding hydrogens is 410 g/mol. The van der Waals surface area contributed by atoms with Crippen LogP contribution in [0.5, 0.6) is 5.75 Å². The first kappa shape index (κ1) is 22.4. The van der Waals surface area contributed by atoms with Gasteiger partial charge in [-0.15, -0.1) is 0 Å². The molecule has 33 heavy (non-hydrogen) atoms. The van der Waals surface area contributed by atoms with Crippen LogP contribution in [0.2, 0.25) is 0 Å². The summed E-state index contributed by atoms with van der Waals surface area (Å²) in [6, 6.07) is 16.3. The molecule has 0 unspecified atom stereocenters. The molecule has 1 aromatic heterocycles. The number of furan rings is 1. The number of fused-ring (bicyclic) bond motifs is 1. The Morgan fingerprint density at radius 2 is 1.70 bits per heavy atom. The Balaban J connectivity index is 1.74. The lowest BCUT2D eigenvalue weighted by Gasteiger charge is -2.13. The molecular formula is C29H29NO3. The van der Waals surface area contributed by atoms with Gasteiger partial charge >= 0.3 is 0 Å². The highest BCUT2D eigenvalue weighted by Gasteiger charge is 2.19. The van der Waals surface area contributed by atoms with Crippen LogP contribution < -0.4 is 10.1 Å². The molecule has 1 N–H and O–H groups in total. The van der Waals surface area contributed by atoms with E-state index in [1.165, 1.54) is 11.1 Å². The number of anilines is 1. The van der Waals surface area contributed by atoms with E-state index in [1.807, 2.05) is 39.0 Å². The number of hydrogen-bond donors (Lipinski definition) is 1. The average molecular weight is 440 g/mol. The van der Waals surface area contributed by atoms with Crippen LogP contribution in [0.15, 0.2) is 65.3 Å². The van der Waals surface area contributed by atoms with E-state index in [9.17, 15) is 4.79 Å². The summed E-state index contributed by atoms with van der Waals surface area (Å²) in [5, 5.41) is 3.96. The number of allylic oxidation sites excluding steroid dienone is 1. The Morgan fingerprint density at radius 3 is 2.36 bits per heavy atom. The van der Waals surface area contributed by atoms with Crippen molar-refractivity contribution in [3.8, 4) is 16.9 Å². The van der Waals surface area contributed by atoms with Crippen LogP contribution in [0.4, 0.5) is 5.69 Å². The summed E-state index contributed by atoms with van der Waals surface area (Å²) in [4.78, 5) is 12.8. The highest BCUT2D eigenvalue weighted by Crippen LogP contribution is 2.40. The first-order valence-electron chi connectivity index (χ1n) is 11.0. The van der Waals surface area contributed by atoms with Gasteiger partial charge in [0.1, 0.15) is 11.3 Å². The molecule has 0 atom stereocenters. The lowest BCUT2D eigenvalue weighted by molar-refractivity contribution is -0.111. The van der Waals surface area contributed by atoms with Crippen LogP contribution in [0, 0.1) is 27.7 Å². The Morgan fingerprint density at radius 1 is 0.970 bits per heavy atom. The number of aryl methyl sites for hydroxylation is 4. The molecule has 0 aliphatic rings. The van der Waals surface area contributed by atoms with Crippen molar-refractivity contribution in [1.29, 1.82) is 0 Å². The van der Waals surface area contributed by atoms with Crippen LogP contribution in [-0.4, -0.2) is 13.0 Å². The molecule has 0 radical (unpaired) electrons. The van der Waals surface area contributed by atoms with Crippen molar-refractivity contribution < 1.29 is 13.9 Å². The molecule has 4 aromatic rings. The normalized spacial score (nSPS) is 11.6. The molecule has 4 rings (SSSR count). The second kappa shape index (κ2) is 8.99. The molecule has 4 heteroatoms. The van der Waals surface area contributed by atoms with Crippen LogP contribution in [0.1, 0.15) is 34.7 Å². The number of hydrogen-bond acceptors (Lipinski definition) is 3. The van der Waals surface area contributed by atoms with E-state index in [-0.39, 0.29) is 5.91 Å². The van der Waals surface area contributed by atoms with Crippen molar-refractivity contribution in [3.63, 3.8) is 0 Å². The molecule has 0 spiro atoms. The highest BCUT2D eigenvalue weighted by molar-refractivity contribution is 6.06. The predicted molar refractivity (Wildman–Crippen MR) is 136 cm³/mol.